The van der Waals surface area contributed by atoms with E-state index in [0.29, 0.717) is 19.0 Å². The van der Waals surface area contributed by atoms with Crippen LogP contribution >= 0.6 is 0 Å². The fourth-order valence-electron chi connectivity index (χ4n) is 3.14. The van der Waals surface area contributed by atoms with E-state index in [-0.39, 0.29) is 36.3 Å². The molecule has 0 spiro atoms. The van der Waals surface area contributed by atoms with Crippen LogP contribution in [0.25, 0.3) is 0 Å². The van der Waals surface area contributed by atoms with Gasteiger partial charge in [0.05, 0.1) is 18.7 Å². The van der Waals surface area contributed by atoms with E-state index in [1.54, 1.807) is 4.90 Å². The van der Waals surface area contributed by atoms with Crippen LogP contribution in [0.5, 0.6) is 0 Å². The Kier molecular flexibility index (Phi) is 4.65. The summed E-state index contributed by atoms with van der Waals surface area (Å²) >= 11 is 0. The molecular formula is C14H25N3O3. The molecule has 1 saturated carbocycles. The number of carbonyl (C=O) groups excluding carboxylic acids is 2. The van der Waals surface area contributed by atoms with Crippen LogP contribution in [0.2, 0.25) is 0 Å². The van der Waals surface area contributed by atoms with Crippen molar-refractivity contribution in [3.8, 4) is 0 Å². The number of nitrogens with one attached hydrogen (secondary N) is 1. The SMILES string of the molecule is CC(C)[C@H](N)C(=O)NCC(=O)N1CC2CCC(O)C2C1. The normalized spacial score (nSPS) is 30.4. The Hall–Kier alpha value is -1.14. The van der Waals surface area contributed by atoms with Crippen LogP contribution in [0.4, 0.5) is 0 Å². The lowest BCUT2D eigenvalue weighted by Gasteiger charge is -2.20. The van der Waals surface area contributed by atoms with Crippen molar-refractivity contribution in [3.63, 3.8) is 0 Å². The van der Waals surface area contributed by atoms with E-state index < -0.39 is 6.04 Å². The number of fused-ring (bicyclic) bond motifs is 1. The highest BCUT2D eigenvalue weighted by Gasteiger charge is 2.43. The molecule has 0 aromatic rings. The van der Waals surface area contributed by atoms with Crippen LogP contribution in [0.1, 0.15) is 26.7 Å². The Morgan fingerprint density at radius 2 is 2.05 bits per heavy atom. The average Bonchev–Trinajstić information content (AvgIpc) is 2.97. The van der Waals surface area contributed by atoms with E-state index in [1.165, 1.54) is 0 Å². The third-order valence-corrected chi connectivity index (χ3v) is 4.61. The van der Waals surface area contributed by atoms with Gasteiger partial charge in [0, 0.05) is 19.0 Å². The van der Waals surface area contributed by atoms with Gasteiger partial charge in [0.1, 0.15) is 0 Å². The molecule has 3 unspecified atom stereocenters. The first-order valence-corrected chi connectivity index (χ1v) is 7.39. The number of hydrogen-bond donors (Lipinski definition) is 3. The fraction of sp³-hybridized carbons (Fsp3) is 0.857. The van der Waals surface area contributed by atoms with Gasteiger partial charge in [0.15, 0.2) is 0 Å². The van der Waals surface area contributed by atoms with Crippen molar-refractivity contribution in [2.45, 2.75) is 38.8 Å². The first kappa shape index (κ1) is 15.3. The zero-order chi connectivity index (χ0) is 14.9. The van der Waals surface area contributed by atoms with E-state index in [9.17, 15) is 14.7 Å². The van der Waals surface area contributed by atoms with Crippen molar-refractivity contribution in [2.24, 2.45) is 23.5 Å². The minimum atomic E-state index is -0.581. The number of likely N-dealkylation sites (tertiary alicyclic amines) is 1. The Bertz CT molecular complexity index is 386. The molecule has 6 nitrogen and oxygen atoms in total. The van der Waals surface area contributed by atoms with Crippen LogP contribution in [0.3, 0.4) is 0 Å². The van der Waals surface area contributed by atoms with Crippen LogP contribution < -0.4 is 11.1 Å². The summed E-state index contributed by atoms with van der Waals surface area (Å²) in [6.07, 6.45) is 1.55. The molecule has 2 amide bonds. The van der Waals surface area contributed by atoms with Gasteiger partial charge in [-0.15, -0.1) is 0 Å². The van der Waals surface area contributed by atoms with Gasteiger partial charge in [-0.1, -0.05) is 13.8 Å². The Labute approximate surface area is 119 Å². The van der Waals surface area contributed by atoms with Crippen molar-refractivity contribution in [1.29, 1.82) is 0 Å². The number of nitrogens with two attached hydrogens (primary N) is 1. The minimum absolute atomic E-state index is 0.00517. The minimum Gasteiger partial charge on any atom is -0.393 e. The first-order chi connectivity index (χ1) is 9.40. The molecule has 4 atom stereocenters. The molecule has 1 aliphatic heterocycles. The monoisotopic (exact) mass is 283 g/mol. The quantitative estimate of drug-likeness (QED) is 0.637. The Balaban J connectivity index is 1.78. The van der Waals surface area contributed by atoms with Crippen LogP contribution in [0, 0.1) is 17.8 Å². The summed E-state index contributed by atoms with van der Waals surface area (Å²) in [5.41, 5.74) is 5.72. The maximum Gasteiger partial charge on any atom is 0.241 e. The first-order valence-electron chi connectivity index (χ1n) is 7.39. The van der Waals surface area contributed by atoms with E-state index in [1.807, 2.05) is 13.8 Å². The third-order valence-electron chi connectivity index (χ3n) is 4.61. The number of hydrogen-bond acceptors (Lipinski definition) is 4. The molecule has 1 aliphatic carbocycles. The number of aliphatic hydroxyl groups excluding tert-OH is 1. The number of aliphatic hydroxyl groups is 1. The molecule has 4 N–H and O–H groups in total. The molecule has 6 heteroatoms. The largest absolute Gasteiger partial charge is 0.393 e. The molecule has 0 aromatic carbocycles. The molecule has 2 fully saturated rings. The maximum absolute atomic E-state index is 12.1. The van der Waals surface area contributed by atoms with Gasteiger partial charge in [-0.25, -0.2) is 0 Å². The molecule has 2 aliphatic rings. The van der Waals surface area contributed by atoms with E-state index in [4.69, 9.17) is 5.73 Å². The number of rotatable bonds is 4. The zero-order valence-electron chi connectivity index (χ0n) is 12.2. The molecule has 0 radical (unpaired) electrons. The number of carbonyl (C=O) groups is 2. The molecule has 1 heterocycles. The molecule has 2 rings (SSSR count). The summed E-state index contributed by atoms with van der Waals surface area (Å²) in [5, 5.41) is 12.4. The summed E-state index contributed by atoms with van der Waals surface area (Å²) in [5.74, 6) is 0.310. The smallest absolute Gasteiger partial charge is 0.241 e. The van der Waals surface area contributed by atoms with Crippen molar-refractivity contribution < 1.29 is 14.7 Å². The zero-order valence-corrected chi connectivity index (χ0v) is 12.2. The van der Waals surface area contributed by atoms with Crippen LogP contribution in [-0.2, 0) is 9.59 Å². The van der Waals surface area contributed by atoms with Crippen LogP contribution in [-0.4, -0.2) is 53.6 Å². The topological polar surface area (TPSA) is 95.7 Å². The lowest BCUT2D eigenvalue weighted by molar-refractivity contribution is -0.133. The highest BCUT2D eigenvalue weighted by atomic mass is 16.3. The Morgan fingerprint density at radius 1 is 1.35 bits per heavy atom. The summed E-state index contributed by atoms with van der Waals surface area (Å²) in [6, 6.07) is -0.581. The highest BCUT2D eigenvalue weighted by molar-refractivity contribution is 5.87. The Morgan fingerprint density at radius 3 is 2.65 bits per heavy atom. The van der Waals surface area contributed by atoms with Crippen molar-refractivity contribution in [2.75, 3.05) is 19.6 Å². The van der Waals surface area contributed by atoms with Crippen LogP contribution in [0.15, 0.2) is 0 Å². The third kappa shape index (κ3) is 3.12. The van der Waals surface area contributed by atoms with Gasteiger partial charge in [0.25, 0.3) is 0 Å². The van der Waals surface area contributed by atoms with E-state index >= 15 is 0 Å². The molecular weight excluding hydrogens is 258 g/mol. The van der Waals surface area contributed by atoms with E-state index in [2.05, 4.69) is 5.32 Å². The van der Waals surface area contributed by atoms with Crippen molar-refractivity contribution in [3.05, 3.63) is 0 Å². The number of nitrogens with zero attached hydrogens (tertiary/aromatic N) is 1. The van der Waals surface area contributed by atoms with Crippen molar-refractivity contribution >= 4 is 11.8 Å². The van der Waals surface area contributed by atoms with Gasteiger partial charge >= 0.3 is 0 Å². The molecule has 1 saturated heterocycles. The van der Waals surface area contributed by atoms with Gasteiger partial charge in [0.2, 0.25) is 11.8 Å². The number of amides is 2. The second kappa shape index (κ2) is 6.10. The summed E-state index contributed by atoms with van der Waals surface area (Å²) in [7, 11) is 0. The average molecular weight is 283 g/mol. The highest BCUT2D eigenvalue weighted by Crippen LogP contribution is 2.37. The predicted octanol–water partition coefficient (Wildman–Crippen LogP) is -0.685. The summed E-state index contributed by atoms with van der Waals surface area (Å²) in [6.45, 7) is 5.04. The van der Waals surface area contributed by atoms with E-state index in [0.717, 1.165) is 12.8 Å². The molecule has 0 aromatic heterocycles. The van der Waals surface area contributed by atoms with Gasteiger partial charge in [-0.05, 0) is 24.7 Å². The van der Waals surface area contributed by atoms with Gasteiger partial charge < -0.3 is 21.1 Å². The van der Waals surface area contributed by atoms with Gasteiger partial charge in [-0.3, -0.25) is 9.59 Å². The second-order valence-electron chi connectivity index (χ2n) is 6.35. The summed E-state index contributed by atoms with van der Waals surface area (Å²) < 4.78 is 0. The summed E-state index contributed by atoms with van der Waals surface area (Å²) in [4.78, 5) is 25.5. The predicted molar refractivity (Wildman–Crippen MR) is 74.6 cm³/mol. The molecule has 20 heavy (non-hydrogen) atoms. The standard InChI is InChI=1S/C14H25N3O3/c1-8(2)13(15)14(20)16-5-12(19)17-6-9-3-4-11(18)10(9)7-17/h8-11,13,18H,3-7,15H2,1-2H3,(H,16,20)/t9?,10?,11?,13-/m0/s1. The maximum atomic E-state index is 12.1. The molecule has 0 bridgehead atoms. The lowest BCUT2D eigenvalue weighted by Crippen LogP contribution is -2.47. The fourth-order valence-corrected chi connectivity index (χ4v) is 3.14. The molecule has 114 valence electrons. The van der Waals surface area contributed by atoms with Crippen molar-refractivity contribution in [1.82, 2.24) is 10.2 Å². The van der Waals surface area contributed by atoms with Gasteiger partial charge in [-0.2, -0.15) is 0 Å². The second-order valence-corrected chi connectivity index (χ2v) is 6.35. The lowest BCUT2D eigenvalue weighted by atomic mass is 10.00.